The first-order valence-corrected chi connectivity index (χ1v) is 6.45. The van der Waals surface area contributed by atoms with Crippen molar-refractivity contribution in [3.63, 3.8) is 0 Å². The van der Waals surface area contributed by atoms with E-state index < -0.39 is 0 Å². The summed E-state index contributed by atoms with van der Waals surface area (Å²) in [7, 11) is 1.84. The van der Waals surface area contributed by atoms with Crippen LogP contribution in [0.3, 0.4) is 0 Å². The lowest BCUT2D eigenvalue weighted by molar-refractivity contribution is -0.121. The molecule has 0 aromatic carbocycles. The molecule has 98 valence electrons. The summed E-state index contributed by atoms with van der Waals surface area (Å²) in [5.41, 5.74) is 1.02. The SMILES string of the molecule is CNc1cc(NCCCC(=O)NC2CC2)ccn1. The highest BCUT2D eigenvalue weighted by atomic mass is 16.1. The highest BCUT2D eigenvalue weighted by molar-refractivity contribution is 5.76. The topological polar surface area (TPSA) is 66.0 Å². The molecule has 5 heteroatoms. The number of aromatic nitrogens is 1. The van der Waals surface area contributed by atoms with Crippen LogP contribution >= 0.6 is 0 Å². The summed E-state index contributed by atoms with van der Waals surface area (Å²) < 4.78 is 0. The molecule has 0 radical (unpaired) electrons. The van der Waals surface area contributed by atoms with Crippen molar-refractivity contribution in [3.8, 4) is 0 Å². The highest BCUT2D eigenvalue weighted by Gasteiger charge is 2.22. The van der Waals surface area contributed by atoms with Crippen molar-refractivity contribution in [2.45, 2.75) is 31.7 Å². The molecule has 3 N–H and O–H groups in total. The molecule has 0 atom stereocenters. The number of anilines is 2. The van der Waals surface area contributed by atoms with Crippen LogP contribution < -0.4 is 16.0 Å². The number of amides is 1. The fraction of sp³-hybridized carbons (Fsp3) is 0.538. The van der Waals surface area contributed by atoms with Crippen molar-refractivity contribution in [3.05, 3.63) is 18.3 Å². The molecule has 0 unspecified atom stereocenters. The second-order valence-corrected chi connectivity index (χ2v) is 4.55. The van der Waals surface area contributed by atoms with E-state index in [9.17, 15) is 4.79 Å². The molecule has 2 rings (SSSR count). The summed E-state index contributed by atoms with van der Waals surface area (Å²) in [4.78, 5) is 15.6. The van der Waals surface area contributed by atoms with Gasteiger partial charge in [0.2, 0.25) is 5.91 Å². The maximum atomic E-state index is 11.4. The number of hydrogen-bond donors (Lipinski definition) is 3. The standard InChI is InChI=1S/C13H20N4O/c1-14-12-9-11(6-8-16-12)15-7-2-3-13(18)17-10-4-5-10/h6,8-10H,2-5,7H2,1H3,(H,17,18)(H2,14,15,16). The van der Waals surface area contributed by atoms with Gasteiger partial charge in [0.1, 0.15) is 5.82 Å². The summed E-state index contributed by atoms with van der Waals surface area (Å²) in [5, 5.41) is 9.26. The largest absolute Gasteiger partial charge is 0.385 e. The predicted molar refractivity (Wildman–Crippen MR) is 72.7 cm³/mol. The molecule has 0 bridgehead atoms. The second kappa shape index (κ2) is 6.23. The summed E-state index contributed by atoms with van der Waals surface area (Å²) in [5.74, 6) is 1.01. The number of carbonyl (C=O) groups is 1. The van der Waals surface area contributed by atoms with Gasteiger partial charge in [-0.05, 0) is 25.3 Å². The Morgan fingerprint density at radius 1 is 1.50 bits per heavy atom. The zero-order chi connectivity index (χ0) is 12.8. The number of nitrogens with one attached hydrogen (secondary N) is 3. The van der Waals surface area contributed by atoms with Crippen LogP contribution in [0.1, 0.15) is 25.7 Å². The number of pyridine rings is 1. The minimum Gasteiger partial charge on any atom is -0.385 e. The van der Waals surface area contributed by atoms with E-state index in [-0.39, 0.29) is 5.91 Å². The fourth-order valence-electron chi connectivity index (χ4n) is 1.69. The minimum absolute atomic E-state index is 0.171. The smallest absolute Gasteiger partial charge is 0.220 e. The Labute approximate surface area is 107 Å². The van der Waals surface area contributed by atoms with Gasteiger partial charge < -0.3 is 16.0 Å². The maximum absolute atomic E-state index is 11.4. The lowest BCUT2D eigenvalue weighted by Crippen LogP contribution is -2.25. The molecule has 0 spiro atoms. The Balaban J connectivity index is 1.63. The molecule has 1 fully saturated rings. The number of carbonyl (C=O) groups excluding carboxylic acids is 1. The fourth-order valence-corrected chi connectivity index (χ4v) is 1.69. The molecule has 1 heterocycles. The van der Waals surface area contributed by atoms with E-state index in [2.05, 4.69) is 20.9 Å². The Bertz CT molecular complexity index is 404. The zero-order valence-corrected chi connectivity index (χ0v) is 10.7. The Hall–Kier alpha value is -1.78. The summed E-state index contributed by atoms with van der Waals surface area (Å²) in [6.45, 7) is 0.797. The average molecular weight is 248 g/mol. The second-order valence-electron chi connectivity index (χ2n) is 4.55. The zero-order valence-electron chi connectivity index (χ0n) is 10.7. The van der Waals surface area contributed by atoms with Gasteiger partial charge in [-0.15, -0.1) is 0 Å². The van der Waals surface area contributed by atoms with Gasteiger partial charge >= 0.3 is 0 Å². The van der Waals surface area contributed by atoms with Crippen molar-refractivity contribution in [1.82, 2.24) is 10.3 Å². The molecule has 1 amide bonds. The normalized spacial score (nSPS) is 14.1. The molecule has 1 aliphatic rings. The van der Waals surface area contributed by atoms with Gasteiger partial charge in [0.05, 0.1) is 0 Å². The van der Waals surface area contributed by atoms with Crippen LogP contribution in [0.4, 0.5) is 11.5 Å². The Morgan fingerprint density at radius 2 is 2.33 bits per heavy atom. The number of rotatable bonds is 7. The molecule has 1 aromatic heterocycles. The van der Waals surface area contributed by atoms with Crippen LogP contribution in [0.2, 0.25) is 0 Å². The van der Waals surface area contributed by atoms with Crippen LogP contribution in [0.15, 0.2) is 18.3 Å². The lowest BCUT2D eigenvalue weighted by Gasteiger charge is -2.07. The first kappa shape index (κ1) is 12.7. The van der Waals surface area contributed by atoms with E-state index in [1.807, 2.05) is 19.2 Å². The molecular weight excluding hydrogens is 228 g/mol. The van der Waals surface area contributed by atoms with Gasteiger partial charge in [-0.2, -0.15) is 0 Å². The van der Waals surface area contributed by atoms with Crippen LogP contribution in [0, 0.1) is 0 Å². The average Bonchev–Trinajstić information content (AvgIpc) is 3.19. The van der Waals surface area contributed by atoms with Crippen molar-refractivity contribution in [2.24, 2.45) is 0 Å². The number of hydrogen-bond acceptors (Lipinski definition) is 4. The van der Waals surface area contributed by atoms with E-state index in [0.717, 1.165) is 37.3 Å². The Kier molecular flexibility index (Phi) is 4.39. The molecule has 5 nitrogen and oxygen atoms in total. The van der Waals surface area contributed by atoms with Gasteiger partial charge in [-0.25, -0.2) is 4.98 Å². The van der Waals surface area contributed by atoms with E-state index in [1.54, 1.807) is 6.20 Å². The van der Waals surface area contributed by atoms with Gasteiger partial charge in [-0.1, -0.05) is 0 Å². The summed E-state index contributed by atoms with van der Waals surface area (Å²) in [6.07, 6.45) is 5.48. The van der Waals surface area contributed by atoms with E-state index in [4.69, 9.17) is 0 Å². The van der Waals surface area contributed by atoms with Crippen molar-refractivity contribution in [2.75, 3.05) is 24.2 Å². The first-order valence-electron chi connectivity index (χ1n) is 6.45. The third kappa shape index (κ3) is 4.24. The van der Waals surface area contributed by atoms with Crippen molar-refractivity contribution < 1.29 is 4.79 Å². The van der Waals surface area contributed by atoms with E-state index >= 15 is 0 Å². The van der Waals surface area contributed by atoms with E-state index in [0.29, 0.717) is 12.5 Å². The molecule has 18 heavy (non-hydrogen) atoms. The summed E-state index contributed by atoms with van der Waals surface area (Å²) >= 11 is 0. The van der Waals surface area contributed by atoms with Crippen LogP contribution in [0.25, 0.3) is 0 Å². The first-order chi connectivity index (χ1) is 8.78. The maximum Gasteiger partial charge on any atom is 0.220 e. The van der Waals surface area contributed by atoms with Gasteiger partial charge in [-0.3, -0.25) is 4.79 Å². The molecule has 1 saturated carbocycles. The van der Waals surface area contributed by atoms with Crippen LogP contribution in [0.5, 0.6) is 0 Å². The predicted octanol–water partition coefficient (Wildman–Crippen LogP) is 1.59. The monoisotopic (exact) mass is 248 g/mol. The summed E-state index contributed by atoms with van der Waals surface area (Å²) in [6, 6.07) is 4.33. The minimum atomic E-state index is 0.171. The lowest BCUT2D eigenvalue weighted by atomic mass is 10.3. The Morgan fingerprint density at radius 3 is 3.06 bits per heavy atom. The third-order valence-electron chi connectivity index (χ3n) is 2.87. The van der Waals surface area contributed by atoms with Crippen molar-refractivity contribution >= 4 is 17.4 Å². The molecule has 0 saturated heterocycles. The van der Waals surface area contributed by atoms with Crippen LogP contribution in [-0.4, -0.2) is 30.5 Å². The highest BCUT2D eigenvalue weighted by Crippen LogP contribution is 2.18. The molecule has 0 aliphatic heterocycles. The van der Waals surface area contributed by atoms with Gasteiger partial charge in [0.15, 0.2) is 0 Å². The molecule has 1 aliphatic carbocycles. The van der Waals surface area contributed by atoms with Crippen LogP contribution in [-0.2, 0) is 4.79 Å². The molecular formula is C13H20N4O. The van der Waals surface area contributed by atoms with Crippen molar-refractivity contribution in [1.29, 1.82) is 0 Å². The quantitative estimate of drug-likeness (QED) is 0.641. The van der Waals surface area contributed by atoms with Gasteiger partial charge in [0, 0.05) is 44.0 Å². The van der Waals surface area contributed by atoms with E-state index in [1.165, 1.54) is 0 Å². The van der Waals surface area contributed by atoms with Gasteiger partial charge in [0.25, 0.3) is 0 Å². The third-order valence-corrected chi connectivity index (χ3v) is 2.87. The molecule has 1 aromatic rings. The number of nitrogens with zero attached hydrogens (tertiary/aromatic N) is 1.